The Balaban J connectivity index is 2.19. The number of aromatic nitrogens is 4. The third-order valence-corrected chi connectivity index (χ3v) is 4.26. The molecule has 0 saturated carbocycles. The first-order chi connectivity index (χ1) is 12.2. The topological polar surface area (TPSA) is 65.3 Å². The predicted molar refractivity (Wildman–Crippen MR) is 96.2 cm³/mol. The molecule has 0 aliphatic rings. The van der Waals surface area contributed by atoms with Crippen molar-refractivity contribution < 1.29 is 9.47 Å². The van der Waals surface area contributed by atoms with Crippen molar-refractivity contribution >= 4 is 10.8 Å². The second-order valence-electron chi connectivity index (χ2n) is 6.11. The van der Waals surface area contributed by atoms with Gasteiger partial charge >= 0.3 is 0 Å². The molecule has 25 heavy (non-hydrogen) atoms. The summed E-state index contributed by atoms with van der Waals surface area (Å²) >= 11 is 0. The van der Waals surface area contributed by atoms with Crippen molar-refractivity contribution in [2.24, 2.45) is 0 Å². The SMILES string of the molecule is COc1cc(C(CCN(C)C)n2ncnn2)c(OC)c2ccccc12. The molecule has 3 aromatic rings. The molecule has 0 bridgehead atoms. The molecule has 1 atom stereocenters. The van der Waals surface area contributed by atoms with Gasteiger partial charge in [-0.2, -0.15) is 4.80 Å². The van der Waals surface area contributed by atoms with Crippen molar-refractivity contribution in [3.8, 4) is 11.5 Å². The van der Waals surface area contributed by atoms with Crippen LogP contribution in [0.2, 0.25) is 0 Å². The van der Waals surface area contributed by atoms with Crippen LogP contribution in [0.1, 0.15) is 18.0 Å². The normalized spacial score (nSPS) is 12.5. The molecule has 1 unspecified atom stereocenters. The number of rotatable bonds is 7. The first-order valence-electron chi connectivity index (χ1n) is 8.16. The van der Waals surface area contributed by atoms with Crippen LogP contribution in [-0.2, 0) is 0 Å². The molecule has 0 N–H and O–H groups in total. The highest BCUT2D eigenvalue weighted by molar-refractivity contribution is 5.94. The summed E-state index contributed by atoms with van der Waals surface area (Å²) in [5, 5.41) is 14.3. The minimum atomic E-state index is -0.0987. The maximum absolute atomic E-state index is 5.79. The lowest BCUT2D eigenvalue weighted by atomic mass is 9.97. The minimum absolute atomic E-state index is 0.0987. The van der Waals surface area contributed by atoms with Crippen LogP contribution in [0.15, 0.2) is 36.7 Å². The predicted octanol–water partition coefficient (Wildman–Crippen LogP) is 2.38. The Morgan fingerprint density at radius 3 is 2.48 bits per heavy atom. The zero-order valence-electron chi connectivity index (χ0n) is 15.0. The van der Waals surface area contributed by atoms with Crippen LogP contribution in [0, 0.1) is 0 Å². The van der Waals surface area contributed by atoms with Gasteiger partial charge in [0.25, 0.3) is 0 Å². The number of methoxy groups -OCH3 is 2. The maximum atomic E-state index is 5.79. The van der Waals surface area contributed by atoms with Crippen molar-refractivity contribution in [3.63, 3.8) is 0 Å². The molecule has 0 fully saturated rings. The molecule has 0 spiro atoms. The molecule has 1 aromatic heterocycles. The Labute approximate surface area is 147 Å². The fourth-order valence-corrected chi connectivity index (χ4v) is 3.07. The lowest BCUT2D eigenvalue weighted by Gasteiger charge is -2.22. The zero-order valence-corrected chi connectivity index (χ0v) is 15.0. The third-order valence-electron chi connectivity index (χ3n) is 4.26. The summed E-state index contributed by atoms with van der Waals surface area (Å²) in [6, 6.07) is 9.98. The van der Waals surface area contributed by atoms with Gasteiger partial charge in [0.2, 0.25) is 0 Å². The van der Waals surface area contributed by atoms with Crippen LogP contribution in [0.4, 0.5) is 0 Å². The maximum Gasteiger partial charge on any atom is 0.162 e. The largest absolute Gasteiger partial charge is 0.496 e. The van der Waals surface area contributed by atoms with Crippen molar-refractivity contribution in [3.05, 3.63) is 42.2 Å². The lowest BCUT2D eigenvalue weighted by molar-refractivity contribution is 0.329. The van der Waals surface area contributed by atoms with Crippen molar-refractivity contribution in [2.75, 3.05) is 34.9 Å². The Bertz CT molecular complexity index is 833. The fourth-order valence-electron chi connectivity index (χ4n) is 3.07. The molecule has 0 amide bonds. The Hall–Kier alpha value is -2.67. The van der Waals surface area contributed by atoms with Crippen LogP contribution in [0.3, 0.4) is 0 Å². The number of benzene rings is 2. The van der Waals surface area contributed by atoms with Crippen LogP contribution < -0.4 is 9.47 Å². The molecule has 0 radical (unpaired) electrons. The van der Waals surface area contributed by atoms with Gasteiger partial charge in [-0.05, 0) is 38.3 Å². The van der Waals surface area contributed by atoms with E-state index in [1.54, 1.807) is 19.0 Å². The summed E-state index contributed by atoms with van der Waals surface area (Å²) in [7, 11) is 7.46. The monoisotopic (exact) mass is 341 g/mol. The number of hydrogen-bond donors (Lipinski definition) is 0. The number of ether oxygens (including phenoxy) is 2. The summed E-state index contributed by atoms with van der Waals surface area (Å²) in [5.74, 6) is 1.62. The number of hydrogen-bond acceptors (Lipinski definition) is 6. The summed E-state index contributed by atoms with van der Waals surface area (Å²) in [6.45, 7) is 0.879. The molecule has 3 rings (SSSR count). The first-order valence-corrected chi connectivity index (χ1v) is 8.16. The van der Waals surface area contributed by atoms with Crippen molar-refractivity contribution in [1.29, 1.82) is 0 Å². The molecule has 0 saturated heterocycles. The second kappa shape index (κ2) is 7.48. The fraction of sp³-hybridized carbons (Fsp3) is 0.389. The van der Waals surface area contributed by atoms with Gasteiger partial charge in [0.1, 0.15) is 17.5 Å². The number of nitrogens with zero attached hydrogens (tertiary/aromatic N) is 5. The van der Waals surface area contributed by atoms with Gasteiger partial charge in [-0.3, -0.25) is 0 Å². The zero-order chi connectivity index (χ0) is 17.8. The molecule has 1 heterocycles. The van der Waals surface area contributed by atoms with Gasteiger partial charge in [0, 0.05) is 16.3 Å². The molecule has 7 heteroatoms. The van der Waals surface area contributed by atoms with Crippen molar-refractivity contribution in [2.45, 2.75) is 12.5 Å². The lowest BCUT2D eigenvalue weighted by Crippen LogP contribution is -2.22. The van der Waals surface area contributed by atoms with E-state index >= 15 is 0 Å². The minimum Gasteiger partial charge on any atom is -0.496 e. The van der Waals surface area contributed by atoms with Gasteiger partial charge in [0.15, 0.2) is 6.33 Å². The summed E-state index contributed by atoms with van der Waals surface area (Å²) in [5.41, 5.74) is 0.984. The van der Waals surface area contributed by atoms with E-state index in [1.807, 2.05) is 44.4 Å². The molecule has 2 aromatic carbocycles. The van der Waals surface area contributed by atoms with E-state index in [9.17, 15) is 0 Å². The third kappa shape index (κ3) is 3.41. The standard InChI is InChI=1S/C18H23N5O2/c1-22(2)10-9-16(23-20-12-19-21-23)15-11-17(24-3)13-7-5-6-8-14(13)18(15)25-4/h5-8,11-12,16H,9-10H2,1-4H3. The van der Waals surface area contributed by atoms with E-state index in [-0.39, 0.29) is 6.04 Å². The molecule has 7 nitrogen and oxygen atoms in total. The summed E-state index contributed by atoms with van der Waals surface area (Å²) in [4.78, 5) is 3.77. The van der Waals surface area contributed by atoms with Crippen LogP contribution in [-0.4, -0.2) is 60.0 Å². The van der Waals surface area contributed by atoms with E-state index in [0.29, 0.717) is 0 Å². The van der Waals surface area contributed by atoms with Gasteiger partial charge in [-0.15, -0.1) is 10.2 Å². The van der Waals surface area contributed by atoms with E-state index in [4.69, 9.17) is 9.47 Å². The number of fused-ring (bicyclic) bond motifs is 1. The Morgan fingerprint density at radius 2 is 1.88 bits per heavy atom. The van der Waals surface area contributed by atoms with Gasteiger partial charge in [0.05, 0.1) is 14.2 Å². The van der Waals surface area contributed by atoms with Gasteiger partial charge < -0.3 is 14.4 Å². The van der Waals surface area contributed by atoms with Crippen LogP contribution in [0.5, 0.6) is 11.5 Å². The first kappa shape index (κ1) is 17.2. The van der Waals surface area contributed by atoms with E-state index in [2.05, 4.69) is 20.3 Å². The number of tetrazole rings is 1. The summed E-state index contributed by atoms with van der Waals surface area (Å²) < 4.78 is 11.4. The van der Waals surface area contributed by atoms with Crippen molar-refractivity contribution in [1.82, 2.24) is 25.1 Å². The highest BCUT2D eigenvalue weighted by atomic mass is 16.5. The van der Waals surface area contributed by atoms with Gasteiger partial charge in [-0.25, -0.2) is 0 Å². The average molecular weight is 341 g/mol. The average Bonchev–Trinajstić information content (AvgIpc) is 3.15. The van der Waals surface area contributed by atoms with E-state index in [0.717, 1.165) is 40.8 Å². The highest BCUT2D eigenvalue weighted by Crippen LogP contribution is 2.40. The molecule has 0 aliphatic heterocycles. The highest BCUT2D eigenvalue weighted by Gasteiger charge is 2.24. The quantitative estimate of drug-likeness (QED) is 0.657. The Morgan fingerprint density at radius 1 is 1.12 bits per heavy atom. The van der Waals surface area contributed by atoms with Gasteiger partial charge in [-0.1, -0.05) is 24.3 Å². The van der Waals surface area contributed by atoms with Crippen LogP contribution in [0.25, 0.3) is 10.8 Å². The summed E-state index contributed by atoms with van der Waals surface area (Å²) in [6.07, 6.45) is 2.27. The van der Waals surface area contributed by atoms with E-state index < -0.39 is 0 Å². The molecule has 132 valence electrons. The molecular weight excluding hydrogens is 318 g/mol. The second-order valence-corrected chi connectivity index (χ2v) is 6.11. The van der Waals surface area contributed by atoms with E-state index in [1.165, 1.54) is 6.33 Å². The molecule has 0 aliphatic carbocycles. The smallest absolute Gasteiger partial charge is 0.162 e. The molecular formula is C18H23N5O2. The van der Waals surface area contributed by atoms with Crippen LogP contribution >= 0.6 is 0 Å². The Kier molecular flexibility index (Phi) is 5.14.